The number of benzene rings is 1. The smallest absolute Gasteiger partial charge is 0.247 e. The van der Waals surface area contributed by atoms with Crippen molar-refractivity contribution in [2.24, 2.45) is 5.92 Å². The van der Waals surface area contributed by atoms with Gasteiger partial charge in [0.1, 0.15) is 5.75 Å². The van der Waals surface area contributed by atoms with Gasteiger partial charge in [0.2, 0.25) is 5.91 Å². The Morgan fingerprint density at radius 3 is 2.66 bits per heavy atom. The molecule has 0 bridgehead atoms. The number of amides is 1. The Morgan fingerprint density at radius 2 is 1.91 bits per heavy atom. The number of hydrogen-bond acceptors (Lipinski definition) is 4. The molecule has 1 amide bonds. The van der Waals surface area contributed by atoms with Gasteiger partial charge in [-0.3, -0.25) is 4.79 Å². The molecule has 2 heterocycles. The fourth-order valence-corrected chi connectivity index (χ4v) is 5.26. The first-order valence-corrected chi connectivity index (χ1v) is 12.1. The van der Waals surface area contributed by atoms with Crippen molar-refractivity contribution >= 4 is 11.5 Å². The molecule has 1 saturated carbocycles. The summed E-state index contributed by atoms with van der Waals surface area (Å²) in [5, 5.41) is 2.92. The molecule has 32 heavy (non-hydrogen) atoms. The van der Waals surface area contributed by atoms with Crippen LogP contribution < -0.4 is 10.1 Å². The SMILES string of the molecule is COc1ccc(C2=C(COC3C=CC4=C(C3)C(=O)NC4)CCN(CC3CCC3)CC2)cc1. The number of carbonyl (C=O) groups is 1. The maximum absolute atomic E-state index is 12.1. The van der Waals surface area contributed by atoms with Gasteiger partial charge in [0.05, 0.1) is 19.8 Å². The minimum absolute atomic E-state index is 0.0310. The van der Waals surface area contributed by atoms with E-state index in [-0.39, 0.29) is 12.0 Å². The van der Waals surface area contributed by atoms with Gasteiger partial charge in [-0.25, -0.2) is 0 Å². The van der Waals surface area contributed by atoms with Gasteiger partial charge >= 0.3 is 0 Å². The second kappa shape index (κ2) is 9.63. The predicted octanol–water partition coefficient (Wildman–Crippen LogP) is 4.12. The average molecular weight is 435 g/mol. The zero-order chi connectivity index (χ0) is 21.9. The van der Waals surface area contributed by atoms with E-state index < -0.39 is 0 Å². The number of ether oxygens (including phenoxy) is 2. The first-order valence-electron chi connectivity index (χ1n) is 12.1. The minimum atomic E-state index is -0.0310. The highest BCUT2D eigenvalue weighted by molar-refractivity contribution is 5.98. The summed E-state index contributed by atoms with van der Waals surface area (Å²) >= 11 is 0. The largest absolute Gasteiger partial charge is 0.497 e. The third-order valence-electron chi connectivity index (χ3n) is 7.50. The summed E-state index contributed by atoms with van der Waals surface area (Å²) in [4.78, 5) is 14.7. The van der Waals surface area contributed by atoms with E-state index in [1.807, 2.05) is 0 Å². The Hall–Kier alpha value is -2.37. The quantitative estimate of drug-likeness (QED) is 0.702. The summed E-state index contributed by atoms with van der Waals surface area (Å²) < 4.78 is 11.7. The van der Waals surface area contributed by atoms with Crippen LogP contribution in [0.3, 0.4) is 0 Å². The second-order valence-corrected chi connectivity index (χ2v) is 9.51. The van der Waals surface area contributed by atoms with Gasteiger partial charge < -0.3 is 19.7 Å². The molecule has 1 atom stereocenters. The van der Waals surface area contributed by atoms with Crippen molar-refractivity contribution in [3.8, 4) is 5.75 Å². The van der Waals surface area contributed by atoms with E-state index in [9.17, 15) is 4.79 Å². The summed E-state index contributed by atoms with van der Waals surface area (Å²) in [5.74, 6) is 1.85. The third kappa shape index (κ3) is 4.69. The topological polar surface area (TPSA) is 50.8 Å². The Balaban J connectivity index is 1.29. The van der Waals surface area contributed by atoms with Crippen molar-refractivity contribution in [2.45, 2.75) is 44.6 Å². The number of nitrogens with zero attached hydrogens (tertiary/aromatic N) is 1. The molecule has 0 aromatic heterocycles. The molecular weight excluding hydrogens is 400 g/mol. The molecule has 170 valence electrons. The highest BCUT2D eigenvalue weighted by Gasteiger charge is 2.28. The van der Waals surface area contributed by atoms with Crippen molar-refractivity contribution in [2.75, 3.05) is 39.9 Å². The minimum Gasteiger partial charge on any atom is -0.497 e. The average Bonchev–Trinajstić information content (AvgIpc) is 3.04. The van der Waals surface area contributed by atoms with Crippen molar-refractivity contribution in [1.82, 2.24) is 10.2 Å². The lowest BCUT2D eigenvalue weighted by Crippen LogP contribution is -2.33. The van der Waals surface area contributed by atoms with Crippen molar-refractivity contribution in [1.29, 1.82) is 0 Å². The van der Waals surface area contributed by atoms with Gasteiger partial charge in [0.25, 0.3) is 0 Å². The van der Waals surface area contributed by atoms with Crippen molar-refractivity contribution in [3.05, 3.63) is 58.7 Å². The van der Waals surface area contributed by atoms with Crippen LogP contribution in [0.4, 0.5) is 0 Å². The van der Waals surface area contributed by atoms with Gasteiger partial charge in [-0.1, -0.05) is 30.7 Å². The van der Waals surface area contributed by atoms with Gasteiger partial charge in [-0.05, 0) is 66.0 Å². The lowest BCUT2D eigenvalue weighted by Gasteiger charge is -2.31. The molecular formula is C27H34N2O3. The second-order valence-electron chi connectivity index (χ2n) is 9.51. The molecule has 4 aliphatic rings. The molecule has 5 heteroatoms. The van der Waals surface area contributed by atoms with Crippen LogP contribution in [0.1, 0.15) is 44.1 Å². The van der Waals surface area contributed by atoms with Gasteiger partial charge in [0.15, 0.2) is 0 Å². The fraction of sp³-hybridized carbons (Fsp3) is 0.519. The normalized spacial score (nSPS) is 24.3. The number of carbonyl (C=O) groups excluding carboxylic acids is 1. The number of nitrogens with one attached hydrogen (secondary N) is 1. The van der Waals surface area contributed by atoms with Crippen LogP contribution in [0.25, 0.3) is 5.57 Å². The highest BCUT2D eigenvalue weighted by atomic mass is 16.5. The Morgan fingerprint density at radius 1 is 1.09 bits per heavy atom. The monoisotopic (exact) mass is 434 g/mol. The van der Waals surface area contributed by atoms with Crippen LogP contribution >= 0.6 is 0 Å². The van der Waals surface area contributed by atoms with Crippen molar-refractivity contribution in [3.63, 3.8) is 0 Å². The highest BCUT2D eigenvalue weighted by Crippen LogP contribution is 2.33. The van der Waals surface area contributed by atoms with E-state index in [4.69, 9.17) is 9.47 Å². The fourth-order valence-electron chi connectivity index (χ4n) is 5.26. The number of rotatable bonds is 7. The number of hydrogen-bond donors (Lipinski definition) is 1. The molecule has 0 radical (unpaired) electrons. The predicted molar refractivity (Wildman–Crippen MR) is 126 cm³/mol. The van der Waals surface area contributed by atoms with Crippen LogP contribution in [0.5, 0.6) is 5.75 Å². The van der Waals surface area contributed by atoms with E-state index >= 15 is 0 Å². The summed E-state index contributed by atoms with van der Waals surface area (Å²) in [7, 11) is 1.71. The summed E-state index contributed by atoms with van der Waals surface area (Å²) in [6.07, 6.45) is 11.1. The van der Waals surface area contributed by atoms with Gasteiger partial charge in [-0.2, -0.15) is 0 Å². The molecule has 1 N–H and O–H groups in total. The maximum Gasteiger partial charge on any atom is 0.247 e. The summed E-state index contributed by atoms with van der Waals surface area (Å²) in [6.45, 7) is 4.73. The lowest BCUT2D eigenvalue weighted by atomic mass is 9.85. The van der Waals surface area contributed by atoms with Gasteiger partial charge in [-0.15, -0.1) is 0 Å². The standard InChI is InChI=1S/C27H34N2O3/c1-31-23-8-5-20(6-9-23)25-12-14-29(17-19-3-2-4-19)13-11-22(25)18-32-24-10-7-21-16-28-27(30)26(21)15-24/h5-10,19,24H,2-4,11-18H2,1H3,(H,28,30). The molecule has 1 aromatic carbocycles. The van der Waals surface area contributed by atoms with Crippen LogP contribution in [-0.4, -0.2) is 56.8 Å². The van der Waals surface area contributed by atoms with E-state index in [2.05, 4.69) is 46.6 Å². The van der Waals surface area contributed by atoms with Crippen LogP contribution in [0.2, 0.25) is 0 Å². The molecule has 2 aliphatic heterocycles. The Labute approximate surface area is 191 Å². The molecule has 0 saturated heterocycles. The van der Waals surface area contributed by atoms with E-state index in [1.165, 1.54) is 42.5 Å². The van der Waals surface area contributed by atoms with Gasteiger partial charge in [0, 0.05) is 38.2 Å². The lowest BCUT2D eigenvalue weighted by molar-refractivity contribution is -0.117. The zero-order valence-electron chi connectivity index (χ0n) is 19.1. The summed E-state index contributed by atoms with van der Waals surface area (Å²) in [5.41, 5.74) is 6.11. The van der Waals surface area contributed by atoms with Crippen LogP contribution in [0, 0.1) is 5.92 Å². The maximum atomic E-state index is 12.1. The van der Waals surface area contributed by atoms with Crippen LogP contribution in [-0.2, 0) is 9.53 Å². The molecule has 2 aliphatic carbocycles. The van der Waals surface area contributed by atoms with E-state index in [1.54, 1.807) is 7.11 Å². The van der Waals surface area contributed by atoms with E-state index in [0.717, 1.165) is 48.7 Å². The molecule has 5 nitrogen and oxygen atoms in total. The molecule has 1 unspecified atom stereocenters. The molecule has 0 spiro atoms. The first-order chi connectivity index (χ1) is 15.7. The molecule has 1 fully saturated rings. The Kier molecular flexibility index (Phi) is 6.47. The van der Waals surface area contributed by atoms with Crippen molar-refractivity contribution < 1.29 is 14.3 Å². The molecule has 1 aromatic rings. The molecule has 5 rings (SSSR count). The van der Waals surface area contributed by atoms with E-state index in [0.29, 0.717) is 19.6 Å². The number of methoxy groups -OCH3 is 1. The van der Waals surface area contributed by atoms with Crippen LogP contribution in [0.15, 0.2) is 53.1 Å². The Bertz CT molecular complexity index is 940. The summed E-state index contributed by atoms with van der Waals surface area (Å²) in [6, 6.07) is 8.45. The zero-order valence-corrected chi connectivity index (χ0v) is 19.1. The first kappa shape index (κ1) is 21.5. The third-order valence-corrected chi connectivity index (χ3v) is 7.50.